The molecule has 0 nitrogen and oxygen atoms in total. The van der Waals surface area contributed by atoms with Crippen LogP contribution in [0, 0.1) is 5.82 Å². The molecule has 0 heterocycles. The molecule has 0 radical (unpaired) electrons. The second kappa shape index (κ2) is 5.87. The fourth-order valence-electron chi connectivity index (χ4n) is 1.80. The molecule has 88 valence electrons. The van der Waals surface area contributed by atoms with Crippen LogP contribution in [0.2, 0.25) is 0 Å². The zero-order valence-electron chi connectivity index (χ0n) is 9.82. The predicted molar refractivity (Wildman–Crippen MR) is 72.0 cm³/mol. The molecular formula is C15H15FS. The minimum atomic E-state index is -0.108. The number of benzene rings is 2. The largest absolute Gasteiger partial charge is 0.206 e. The van der Waals surface area contributed by atoms with E-state index in [1.54, 1.807) is 6.07 Å². The zero-order chi connectivity index (χ0) is 12.1. The summed E-state index contributed by atoms with van der Waals surface area (Å²) in [6, 6.07) is 15.8. The highest BCUT2D eigenvalue weighted by atomic mass is 32.2. The topological polar surface area (TPSA) is 0 Å². The average Bonchev–Trinajstić information content (AvgIpc) is 2.38. The first-order valence-corrected chi connectivity index (χ1v) is 6.88. The maximum absolute atomic E-state index is 13.6. The molecule has 2 heteroatoms. The number of thioether (sulfide) groups is 1. The highest BCUT2D eigenvalue weighted by Crippen LogP contribution is 2.20. The molecule has 2 aromatic rings. The third-order valence-corrected chi connectivity index (χ3v) is 3.53. The van der Waals surface area contributed by atoms with Crippen molar-refractivity contribution in [1.82, 2.24) is 0 Å². The zero-order valence-corrected chi connectivity index (χ0v) is 10.6. The number of hydrogen-bond donors (Lipinski definition) is 0. The standard InChI is InChI=1S/C15H15FS/c1-17-15-10-9-13(11-14(15)16)8-7-12-5-3-2-4-6-12/h2-6,9-11H,7-8H2,1H3. The van der Waals surface area contributed by atoms with E-state index in [0.29, 0.717) is 4.90 Å². The molecule has 0 aromatic heterocycles. The van der Waals surface area contributed by atoms with Crippen LogP contribution in [0.4, 0.5) is 4.39 Å². The van der Waals surface area contributed by atoms with E-state index in [-0.39, 0.29) is 5.82 Å². The molecule has 0 fully saturated rings. The van der Waals surface area contributed by atoms with Gasteiger partial charge in [-0.1, -0.05) is 36.4 Å². The molecular weight excluding hydrogens is 231 g/mol. The molecule has 0 aliphatic rings. The van der Waals surface area contributed by atoms with Crippen LogP contribution in [0.1, 0.15) is 11.1 Å². The normalized spacial score (nSPS) is 10.5. The molecule has 0 amide bonds. The second-order valence-electron chi connectivity index (χ2n) is 3.95. The molecule has 0 spiro atoms. The van der Waals surface area contributed by atoms with E-state index in [9.17, 15) is 4.39 Å². The smallest absolute Gasteiger partial charge is 0.137 e. The Morgan fingerprint density at radius 3 is 2.29 bits per heavy atom. The summed E-state index contributed by atoms with van der Waals surface area (Å²) in [5.41, 5.74) is 2.35. The molecule has 17 heavy (non-hydrogen) atoms. The van der Waals surface area contributed by atoms with Crippen molar-refractivity contribution < 1.29 is 4.39 Å². The number of hydrogen-bond acceptors (Lipinski definition) is 1. The molecule has 0 atom stereocenters. The summed E-state index contributed by atoms with van der Waals surface area (Å²) in [4.78, 5) is 0.716. The van der Waals surface area contributed by atoms with Crippen LogP contribution in [0.5, 0.6) is 0 Å². The van der Waals surface area contributed by atoms with Gasteiger partial charge in [0, 0.05) is 4.90 Å². The number of rotatable bonds is 4. The summed E-state index contributed by atoms with van der Waals surface area (Å²) in [5, 5.41) is 0. The van der Waals surface area contributed by atoms with Crippen LogP contribution >= 0.6 is 11.8 Å². The third kappa shape index (κ3) is 3.34. The Morgan fingerprint density at radius 1 is 0.941 bits per heavy atom. The van der Waals surface area contributed by atoms with Crippen molar-refractivity contribution >= 4 is 11.8 Å². The maximum atomic E-state index is 13.6. The van der Waals surface area contributed by atoms with Gasteiger partial charge in [-0.15, -0.1) is 11.8 Å². The summed E-state index contributed by atoms with van der Waals surface area (Å²) in [5.74, 6) is -0.108. The van der Waals surface area contributed by atoms with Gasteiger partial charge in [0.05, 0.1) is 0 Å². The Labute approximate surface area is 106 Å². The Hall–Kier alpha value is -1.28. The highest BCUT2D eigenvalue weighted by molar-refractivity contribution is 7.98. The van der Waals surface area contributed by atoms with Gasteiger partial charge in [-0.3, -0.25) is 0 Å². The van der Waals surface area contributed by atoms with Gasteiger partial charge in [0.2, 0.25) is 0 Å². The Kier molecular flexibility index (Phi) is 4.21. The van der Waals surface area contributed by atoms with E-state index < -0.39 is 0 Å². The van der Waals surface area contributed by atoms with Crippen molar-refractivity contribution in [2.24, 2.45) is 0 Å². The van der Waals surface area contributed by atoms with Crippen LogP contribution in [0.25, 0.3) is 0 Å². The fourth-order valence-corrected chi connectivity index (χ4v) is 2.26. The van der Waals surface area contributed by atoms with Gasteiger partial charge in [-0.2, -0.15) is 0 Å². The van der Waals surface area contributed by atoms with Crippen LogP contribution < -0.4 is 0 Å². The van der Waals surface area contributed by atoms with Crippen molar-refractivity contribution in [2.45, 2.75) is 17.7 Å². The second-order valence-corrected chi connectivity index (χ2v) is 4.80. The number of halogens is 1. The molecule has 0 N–H and O–H groups in total. The van der Waals surface area contributed by atoms with E-state index in [1.165, 1.54) is 17.3 Å². The SMILES string of the molecule is CSc1ccc(CCc2ccccc2)cc1F. The van der Waals surface area contributed by atoms with Gasteiger partial charge in [0.15, 0.2) is 0 Å². The summed E-state index contributed by atoms with van der Waals surface area (Å²) in [6.45, 7) is 0. The predicted octanol–water partition coefficient (Wildman–Crippen LogP) is 4.33. The van der Waals surface area contributed by atoms with Crippen LogP contribution in [0.15, 0.2) is 53.4 Å². The highest BCUT2D eigenvalue weighted by Gasteiger charge is 2.02. The van der Waals surface area contributed by atoms with Crippen molar-refractivity contribution in [3.8, 4) is 0 Å². The van der Waals surface area contributed by atoms with Gasteiger partial charge in [-0.25, -0.2) is 4.39 Å². The van der Waals surface area contributed by atoms with Gasteiger partial charge in [0.1, 0.15) is 5.82 Å². The van der Waals surface area contributed by atoms with Gasteiger partial charge in [0.25, 0.3) is 0 Å². The Balaban J connectivity index is 2.02. The minimum absolute atomic E-state index is 0.108. The summed E-state index contributed by atoms with van der Waals surface area (Å²) in [6.07, 6.45) is 3.73. The average molecular weight is 246 g/mol. The van der Waals surface area contributed by atoms with Crippen molar-refractivity contribution in [2.75, 3.05) is 6.26 Å². The van der Waals surface area contributed by atoms with E-state index in [2.05, 4.69) is 12.1 Å². The fraction of sp³-hybridized carbons (Fsp3) is 0.200. The first-order chi connectivity index (χ1) is 8.29. The van der Waals surface area contributed by atoms with Crippen LogP contribution in [0.3, 0.4) is 0 Å². The Bertz CT molecular complexity index is 480. The molecule has 2 rings (SSSR count). The quantitative estimate of drug-likeness (QED) is 0.723. The Morgan fingerprint density at radius 2 is 1.65 bits per heavy atom. The molecule has 0 aliphatic heterocycles. The molecule has 2 aromatic carbocycles. The van der Waals surface area contributed by atoms with E-state index in [4.69, 9.17) is 0 Å². The van der Waals surface area contributed by atoms with Gasteiger partial charge >= 0.3 is 0 Å². The van der Waals surface area contributed by atoms with E-state index in [1.807, 2.05) is 36.6 Å². The molecule has 0 saturated heterocycles. The maximum Gasteiger partial charge on any atom is 0.137 e. The molecule has 0 aliphatic carbocycles. The lowest BCUT2D eigenvalue weighted by molar-refractivity contribution is 0.599. The van der Waals surface area contributed by atoms with E-state index in [0.717, 1.165) is 18.4 Å². The van der Waals surface area contributed by atoms with E-state index >= 15 is 0 Å². The molecule has 0 bridgehead atoms. The third-order valence-electron chi connectivity index (χ3n) is 2.76. The minimum Gasteiger partial charge on any atom is -0.206 e. The van der Waals surface area contributed by atoms with Gasteiger partial charge in [-0.05, 0) is 42.4 Å². The first-order valence-electron chi connectivity index (χ1n) is 5.66. The first kappa shape index (κ1) is 12.2. The lowest BCUT2D eigenvalue weighted by Crippen LogP contribution is -1.92. The number of aryl methyl sites for hydroxylation is 2. The monoisotopic (exact) mass is 246 g/mol. The summed E-state index contributed by atoms with van der Waals surface area (Å²) >= 11 is 1.44. The summed E-state index contributed by atoms with van der Waals surface area (Å²) in [7, 11) is 0. The van der Waals surface area contributed by atoms with Crippen LogP contribution in [-0.4, -0.2) is 6.26 Å². The van der Waals surface area contributed by atoms with Crippen molar-refractivity contribution in [3.63, 3.8) is 0 Å². The van der Waals surface area contributed by atoms with Gasteiger partial charge < -0.3 is 0 Å². The lowest BCUT2D eigenvalue weighted by Gasteiger charge is -2.04. The van der Waals surface area contributed by atoms with Crippen LogP contribution in [-0.2, 0) is 12.8 Å². The lowest BCUT2D eigenvalue weighted by atomic mass is 10.0. The van der Waals surface area contributed by atoms with Crippen molar-refractivity contribution in [1.29, 1.82) is 0 Å². The molecule has 0 unspecified atom stereocenters. The molecule has 0 saturated carbocycles. The van der Waals surface area contributed by atoms with Crippen molar-refractivity contribution in [3.05, 3.63) is 65.5 Å². The summed E-state index contributed by atoms with van der Waals surface area (Å²) < 4.78 is 13.6.